The number of aromatic nitrogens is 1. The molecule has 0 unspecified atom stereocenters. The minimum Gasteiger partial charge on any atom is -0.254 e. The zero-order valence-corrected chi connectivity index (χ0v) is 11.4. The summed E-state index contributed by atoms with van der Waals surface area (Å²) in [7, 11) is 0. The second kappa shape index (κ2) is 4.40. The third kappa shape index (κ3) is 2.49. The summed E-state index contributed by atoms with van der Waals surface area (Å²) in [6.45, 7) is 0. The maximum Gasteiger partial charge on any atom is 0.218 e. The topological polar surface area (TPSA) is 12.9 Å². The summed E-state index contributed by atoms with van der Waals surface area (Å²) < 4.78 is -1.57. The number of nitrogens with zero attached hydrogens (tertiary/aromatic N) is 1. The lowest BCUT2D eigenvalue weighted by Crippen LogP contribution is -2.02. The van der Waals surface area contributed by atoms with Gasteiger partial charge in [0, 0.05) is 22.2 Å². The third-order valence-corrected chi connectivity index (χ3v) is 3.06. The zero-order chi connectivity index (χ0) is 11.9. The fourth-order valence-electron chi connectivity index (χ4n) is 1.40. The van der Waals surface area contributed by atoms with Crippen molar-refractivity contribution >= 4 is 68.9 Å². The number of hydrogen-bond donors (Lipinski definition) is 0. The predicted octanol–water partition coefficient (Wildman–Crippen LogP) is 5.37. The Morgan fingerprint density at radius 2 is 1.56 bits per heavy atom. The molecule has 0 saturated carbocycles. The molecule has 0 amide bonds. The van der Waals surface area contributed by atoms with Gasteiger partial charge in [-0.05, 0) is 18.2 Å². The lowest BCUT2D eigenvalue weighted by molar-refractivity contribution is 1.24. The molecule has 0 fully saturated rings. The van der Waals surface area contributed by atoms with Crippen molar-refractivity contribution in [3.05, 3.63) is 40.0 Å². The van der Waals surface area contributed by atoms with Crippen LogP contribution in [0.2, 0.25) is 10.0 Å². The number of alkyl halides is 3. The Morgan fingerprint density at radius 3 is 2.19 bits per heavy atom. The van der Waals surface area contributed by atoms with Gasteiger partial charge in [0.05, 0.1) is 10.5 Å². The molecule has 1 nitrogen and oxygen atoms in total. The first-order valence-electron chi connectivity index (χ1n) is 4.20. The van der Waals surface area contributed by atoms with Crippen LogP contribution in [0, 0.1) is 0 Å². The molecule has 0 bridgehead atoms. The first-order chi connectivity index (χ1) is 7.38. The van der Waals surface area contributed by atoms with Gasteiger partial charge in [0.2, 0.25) is 3.79 Å². The molecule has 0 atom stereocenters. The second-order valence-corrected chi connectivity index (χ2v) is 6.33. The van der Waals surface area contributed by atoms with E-state index in [9.17, 15) is 0 Å². The highest BCUT2D eigenvalue weighted by Gasteiger charge is 2.26. The zero-order valence-electron chi connectivity index (χ0n) is 7.65. The van der Waals surface area contributed by atoms with Crippen LogP contribution >= 0.6 is 58.0 Å². The van der Waals surface area contributed by atoms with E-state index < -0.39 is 3.79 Å². The number of rotatable bonds is 0. The van der Waals surface area contributed by atoms with Crippen molar-refractivity contribution < 1.29 is 0 Å². The average molecular weight is 315 g/mol. The SMILES string of the molecule is Clc1cnc2c(C(Cl)(Cl)Cl)cc(Cl)cc2c1. The first-order valence-corrected chi connectivity index (χ1v) is 6.09. The van der Waals surface area contributed by atoms with E-state index in [-0.39, 0.29) is 0 Å². The molecule has 0 radical (unpaired) electrons. The van der Waals surface area contributed by atoms with E-state index in [1.165, 1.54) is 6.20 Å². The normalized spacial score (nSPS) is 12.1. The van der Waals surface area contributed by atoms with Crippen LogP contribution in [0.5, 0.6) is 0 Å². The molecule has 84 valence electrons. The molecule has 1 heterocycles. The molecular formula is C10H4Cl5N. The lowest BCUT2D eigenvalue weighted by atomic mass is 10.1. The van der Waals surface area contributed by atoms with Gasteiger partial charge in [-0.25, -0.2) is 0 Å². The third-order valence-electron chi connectivity index (χ3n) is 2.02. The van der Waals surface area contributed by atoms with Crippen molar-refractivity contribution in [1.29, 1.82) is 0 Å². The van der Waals surface area contributed by atoms with Gasteiger partial charge in [0.25, 0.3) is 0 Å². The largest absolute Gasteiger partial charge is 0.254 e. The fraction of sp³-hybridized carbons (Fsp3) is 0.100. The minimum absolute atomic E-state index is 0.441. The molecule has 0 N–H and O–H groups in total. The van der Waals surface area contributed by atoms with E-state index in [4.69, 9.17) is 58.0 Å². The summed E-state index contributed by atoms with van der Waals surface area (Å²) in [5, 5.41) is 1.71. The van der Waals surface area contributed by atoms with Crippen LogP contribution in [0.25, 0.3) is 10.9 Å². The minimum atomic E-state index is -1.57. The van der Waals surface area contributed by atoms with E-state index in [2.05, 4.69) is 4.98 Å². The highest BCUT2D eigenvalue weighted by atomic mass is 35.6. The molecule has 1 aromatic heterocycles. The van der Waals surface area contributed by atoms with Gasteiger partial charge in [0.1, 0.15) is 0 Å². The van der Waals surface area contributed by atoms with E-state index in [0.717, 1.165) is 5.39 Å². The molecule has 0 spiro atoms. The lowest BCUT2D eigenvalue weighted by Gasteiger charge is -2.14. The molecule has 6 heteroatoms. The quantitative estimate of drug-likeness (QED) is 0.596. The van der Waals surface area contributed by atoms with Crippen LogP contribution in [0.1, 0.15) is 5.56 Å². The first kappa shape index (κ1) is 12.5. The highest BCUT2D eigenvalue weighted by molar-refractivity contribution is 6.67. The molecule has 2 rings (SSSR count). The Kier molecular flexibility index (Phi) is 3.44. The molecule has 1 aromatic carbocycles. The van der Waals surface area contributed by atoms with Gasteiger partial charge in [-0.3, -0.25) is 4.98 Å². The van der Waals surface area contributed by atoms with Crippen molar-refractivity contribution in [2.45, 2.75) is 3.79 Å². The summed E-state index contributed by atoms with van der Waals surface area (Å²) in [5.74, 6) is 0. The fourth-order valence-corrected chi connectivity index (χ4v) is 2.23. The molecule has 0 aliphatic rings. The van der Waals surface area contributed by atoms with Crippen LogP contribution in [0.4, 0.5) is 0 Å². The van der Waals surface area contributed by atoms with Crippen LogP contribution in [0.3, 0.4) is 0 Å². The van der Waals surface area contributed by atoms with Gasteiger partial charge in [-0.1, -0.05) is 58.0 Å². The number of pyridine rings is 1. The highest BCUT2D eigenvalue weighted by Crippen LogP contribution is 2.42. The number of fused-ring (bicyclic) bond motifs is 1. The second-order valence-electron chi connectivity index (χ2n) is 3.18. The standard InChI is InChI=1S/C10H4Cl5N/c11-6-1-5-2-7(12)4-16-9(5)8(3-6)10(13,14)15/h1-4H. The van der Waals surface area contributed by atoms with E-state index in [1.54, 1.807) is 18.2 Å². The Balaban J connectivity index is 2.83. The molecule has 2 aromatic rings. The van der Waals surface area contributed by atoms with E-state index >= 15 is 0 Å². The summed E-state index contributed by atoms with van der Waals surface area (Å²) >= 11 is 29.3. The Morgan fingerprint density at radius 1 is 0.938 bits per heavy atom. The van der Waals surface area contributed by atoms with Gasteiger partial charge in [-0.2, -0.15) is 0 Å². The smallest absolute Gasteiger partial charge is 0.218 e. The van der Waals surface area contributed by atoms with Crippen LogP contribution in [-0.2, 0) is 3.79 Å². The molecular weight excluding hydrogens is 311 g/mol. The molecule has 16 heavy (non-hydrogen) atoms. The van der Waals surface area contributed by atoms with Crippen molar-refractivity contribution in [3.63, 3.8) is 0 Å². The van der Waals surface area contributed by atoms with Gasteiger partial charge in [0.15, 0.2) is 0 Å². The Labute approximate surface area is 117 Å². The van der Waals surface area contributed by atoms with Crippen molar-refractivity contribution in [3.8, 4) is 0 Å². The molecule has 0 aliphatic heterocycles. The Hall–Kier alpha value is 0.0800. The van der Waals surface area contributed by atoms with Crippen molar-refractivity contribution in [2.24, 2.45) is 0 Å². The van der Waals surface area contributed by atoms with Crippen molar-refractivity contribution in [2.75, 3.05) is 0 Å². The summed E-state index contributed by atoms with van der Waals surface area (Å²) in [6.07, 6.45) is 1.50. The number of benzene rings is 1. The maximum absolute atomic E-state index is 5.94. The predicted molar refractivity (Wildman–Crippen MR) is 71.0 cm³/mol. The van der Waals surface area contributed by atoms with Crippen LogP contribution in [-0.4, -0.2) is 4.98 Å². The molecule has 0 aliphatic carbocycles. The van der Waals surface area contributed by atoms with E-state index in [0.29, 0.717) is 21.1 Å². The average Bonchev–Trinajstić information content (AvgIpc) is 2.14. The number of halogens is 5. The van der Waals surface area contributed by atoms with Gasteiger partial charge >= 0.3 is 0 Å². The van der Waals surface area contributed by atoms with E-state index in [1.807, 2.05) is 0 Å². The van der Waals surface area contributed by atoms with Gasteiger partial charge in [-0.15, -0.1) is 0 Å². The monoisotopic (exact) mass is 313 g/mol. The summed E-state index contributed by atoms with van der Waals surface area (Å²) in [6, 6.07) is 5.02. The van der Waals surface area contributed by atoms with Crippen LogP contribution < -0.4 is 0 Å². The van der Waals surface area contributed by atoms with Crippen molar-refractivity contribution in [1.82, 2.24) is 4.98 Å². The maximum atomic E-state index is 5.94. The summed E-state index contributed by atoms with van der Waals surface area (Å²) in [4.78, 5) is 4.14. The summed E-state index contributed by atoms with van der Waals surface area (Å²) in [5.41, 5.74) is 1.02. The Bertz CT molecular complexity index is 541. The van der Waals surface area contributed by atoms with Gasteiger partial charge < -0.3 is 0 Å². The molecule has 0 saturated heterocycles. The number of hydrogen-bond acceptors (Lipinski definition) is 1. The van der Waals surface area contributed by atoms with Crippen LogP contribution in [0.15, 0.2) is 24.4 Å².